The number of carboxylic acid groups (broad SMARTS) is 1. The number of carboxylic acids is 1. The number of carbonyl (C=O) groups is 2. The first kappa shape index (κ1) is 19.3. The Labute approximate surface area is 156 Å². The quantitative estimate of drug-likeness (QED) is 0.825. The van der Waals surface area contributed by atoms with E-state index in [1.165, 1.54) is 24.3 Å². The molecule has 1 aliphatic rings. The van der Waals surface area contributed by atoms with Crippen LogP contribution in [0.25, 0.3) is 5.69 Å². The van der Waals surface area contributed by atoms with Crippen LogP contribution in [0.5, 0.6) is 0 Å². The summed E-state index contributed by atoms with van der Waals surface area (Å²) in [4.78, 5) is 23.3. The van der Waals surface area contributed by atoms with Gasteiger partial charge in [-0.15, -0.1) is 0 Å². The monoisotopic (exact) mass is 399 g/mol. The van der Waals surface area contributed by atoms with Crippen molar-refractivity contribution in [3.05, 3.63) is 47.3 Å². The predicted molar refractivity (Wildman–Crippen MR) is 93.3 cm³/mol. The zero-order valence-corrected chi connectivity index (χ0v) is 14.8. The fraction of sp³-hybridized carbons (Fsp3) is 0.353. The van der Waals surface area contributed by atoms with Gasteiger partial charge in [-0.2, -0.15) is 30.0 Å². The molecule has 0 aliphatic carbocycles. The number of alkyl halides is 3. The molecule has 1 aliphatic heterocycles. The lowest BCUT2D eigenvalue weighted by molar-refractivity contribution is -0.143. The number of rotatable bonds is 4. The van der Waals surface area contributed by atoms with Gasteiger partial charge in [0.1, 0.15) is 5.56 Å². The van der Waals surface area contributed by atoms with E-state index in [1.807, 2.05) is 11.8 Å². The molecule has 1 aromatic carbocycles. The molecule has 0 saturated carbocycles. The highest BCUT2D eigenvalue weighted by molar-refractivity contribution is 7.99. The molecular weight excluding hydrogens is 383 g/mol. The standard InChI is InChI=1S/C17H16F3N3O3S/c18-17(19,20)14-13(16(25)26)9-21-23(14)12-3-1-10(2-4-12)15(24)22-11-5-7-27-8-6-11/h1-4,9,11H,5-8H2,(H,22,24)(H,25,26). The van der Waals surface area contributed by atoms with Crippen LogP contribution in [0.15, 0.2) is 30.5 Å². The molecule has 2 N–H and O–H groups in total. The average molecular weight is 399 g/mol. The topological polar surface area (TPSA) is 84.2 Å². The molecule has 27 heavy (non-hydrogen) atoms. The molecule has 1 amide bonds. The Hall–Kier alpha value is -2.49. The zero-order chi connectivity index (χ0) is 19.6. The minimum absolute atomic E-state index is 0.0143. The number of hydrogen-bond acceptors (Lipinski definition) is 4. The second kappa shape index (κ2) is 7.63. The molecule has 1 fully saturated rings. The molecule has 0 radical (unpaired) electrons. The molecular formula is C17H16F3N3O3S. The predicted octanol–water partition coefficient (Wildman–Crippen LogP) is 3.21. The summed E-state index contributed by atoms with van der Waals surface area (Å²) in [6, 6.07) is 5.49. The Kier molecular flexibility index (Phi) is 5.45. The van der Waals surface area contributed by atoms with Gasteiger partial charge in [-0.3, -0.25) is 4.79 Å². The van der Waals surface area contributed by atoms with Crippen LogP contribution < -0.4 is 5.32 Å². The maximum atomic E-state index is 13.3. The highest BCUT2D eigenvalue weighted by Gasteiger charge is 2.40. The van der Waals surface area contributed by atoms with Crippen molar-refractivity contribution in [3.8, 4) is 5.69 Å². The van der Waals surface area contributed by atoms with Crippen LogP contribution in [-0.2, 0) is 6.18 Å². The van der Waals surface area contributed by atoms with Gasteiger partial charge in [-0.05, 0) is 48.6 Å². The van der Waals surface area contributed by atoms with E-state index in [0.29, 0.717) is 16.4 Å². The summed E-state index contributed by atoms with van der Waals surface area (Å²) >= 11 is 1.83. The number of aromatic nitrogens is 2. The molecule has 1 saturated heterocycles. The Bertz CT molecular complexity index is 843. The van der Waals surface area contributed by atoms with E-state index >= 15 is 0 Å². The van der Waals surface area contributed by atoms with Gasteiger partial charge in [0.05, 0.1) is 11.9 Å². The second-order valence-corrected chi connectivity index (χ2v) is 7.25. The molecule has 2 aromatic rings. The van der Waals surface area contributed by atoms with E-state index in [9.17, 15) is 22.8 Å². The van der Waals surface area contributed by atoms with Crippen molar-refractivity contribution in [1.29, 1.82) is 0 Å². The van der Waals surface area contributed by atoms with E-state index in [-0.39, 0.29) is 17.6 Å². The van der Waals surface area contributed by atoms with Gasteiger partial charge < -0.3 is 10.4 Å². The van der Waals surface area contributed by atoms with Crippen molar-refractivity contribution in [2.75, 3.05) is 11.5 Å². The van der Waals surface area contributed by atoms with Crippen LogP contribution in [0.4, 0.5) is 13.2 Å². The molecule has 6 nitrogen and oxygen atoms in total. The second-order valence-electron chi connectivity index (χ2n) is 6.03. The summed E-state index contributed by atoms with van der Waals surface area (Å²) in [5, 5.41) is 15.4. The number of nitrogens with zero attached hydrogens (tertiary/aromatic N) is 2. The van der Waals surface area contributed by atoms with Crippen molar-refractivity contribution in [1.82, 2.24) is 15.1 Å². The summed E-state index contributed by atoms with van der Waals surface area (Å²) in [5.41, 5.74) is -1.97. The summed E-state index contributed by atoms with van der Waals surface area (Å²) in [6.07, 6.45) is -2.46. The number of carbonyl (C=O) groups excluding carboxylic acids is 1. The van der Waals surface area contributed by atoms with E-state index in [2.05, 4.69) is 10.4 Å². The highest BCUT2D eigenvalue weighted by atomic mass is 32.2. The highest BCUT2D eigenvalue weighted by Crippen LogP contribution is 2.33. The first-order chi connectivity index (χ1) is 12.8. The fourth-order valence-electron chi connectivity index (χ4n) is 2.84. The van der Waals surface area contributed by atoms with Crippen LogP contribution >= 0.6 is 11.8 Å². The van der Waals surface area contributed by atoms with Gasteiger partial charge in [0, 0.05) is 11.6 Å². The van der Waals surface area contributed by atoms with Gasteiger partial charge in [0.2, 0.25) is 0 Å². The Morgan fingerprint density at radius 1 is 1.19 bits per heavy atom. The maximum absolute atomic E-state index is 13.3. The van der Waals surface area contributed by atoms with Crippen molar-refractivity contribution >= 4 is 23.6 Å². The molecule has 0 bridgehead atoms. The van der Waals surface area contributed by atoms with Crippen molar-refractivity contribution in [2.24, 2.45) is 0 Å². The van der Waals surface area contributed by atoms with E-state index in [1.54, 1.807) is 0 Å². The van der Waals surface area contributed by atoms with E-state index in [4.69, 9.17) is 5.11 Å². The molecule has 0 atom stereocenters. The Balaban J connectivity index is 1.83. The van der Waals surface area contributed by atoms with Gasteiger partial charge in [0.15, 0.2) is 5.69 Å². The van der Waals surface area contributed by atoms with Crippen LogP contribution in [0.3, 0.4) is 0 Å². The number of aromatic carboxylic acids is 1. The average Bonchev–Trinajstić information content (AvgIpc) is 3.08. The third kappa shape index (κ3) is 4.26. The summed E-state index contributed by atoms with van der Waals surface area (Å²) in [5.74, 6) is -0.0404. The van der Waals surface area contributed by atoms with Crippen molar-refractivity contribution in [2.45, 2.75) is 25.1 Å². The first-order valence-electron chi connectivity index (χ1n) is 8.15. The SMILES string of the molecule is O=C(NC1CCSCC1)c1ccc(-n2ncc(C(=O)O)c2C(F)(F)F)cc1. The van der Waals surface area contributed by atoms with E-state index in [0.717, 1.165) is 24.3 Å². The Morgan fingerprint density at radius 2 is 1.81 bits per heavy atom. The zero-order valence-electron chi connectivity index (χ0n) is 14.0. The first-order valence-corrected chi connectivity index (χ1v) is 9.30. The van der Waals surface area contributed by atoms with Gasteiger partial charge in [-0.25, -0.2) is 9.48 Å². The lowest BCUT2D eigenvalue weighted by Crippen LogP contribution is -2.37. The Morgan fingerprint density at radius 3 is 2.37 bits per heavy atom. The summed E-state index contributed by atoms with van der Waals surface area (Å²) < 4.78 is 40.3. The van der Waals surface area contributed by atoms with Gasteiger partial charge in [-0.1, -0.05) is 0 Å². The molecule has 0 unspecified atom stereocenters. The van der Waals surface area contributed by atoms with Crippen LogP contribution in [0.2, 0.25) is 0 Å². The summed E-state index contributed by atoms with van der Waals surface area (Å²) in [7, 11) is 0. The van der Waals surface area contributed by atoms with Crippen LogP contribution in [-0.4, -0.2) is 44.3 Å². The molecule has 3 rings (SSSR count). The number of amides is 1. The number of hydrogen-bond donors (Lipinski definition) is 2. The number of benzene rings is 1. The van der Waals surface area contributed by atoms with Crippen LogP contribution in [0.1, 0.15) is 39.3 Å². The van der Waals surface area contributed by atoms with Gasteiger partial charge >= 0.3 is 12.1 Å². The lowest BCUT2D eigenvalue weighted by atomic mass is 10.1. The van der Waals surface area contributed by atoms with Gasteiger partial charge in [0.25, 0.3) is 5.91 Å². The minimum atomic E-state index is -4.89. The third-order valence-electron chi connectivity index (χ3n) is 4.20. The number of thioether (sulfide) groups is 1. The number of nitrogens with one attached hydrogen (secondary N) is 1. The minimum Gasteiger partial charge on any atom is -0.478 e. The third-order valence-corrected chi connectivity index (χ3v) is 5.25. The molecule has 10 heteroatoms. The molecule has 1 aromatic heterocycles. The molecule has 144 valence electrons. The maximum Gasteiger partial charge on any atom is 0.434 e. The van der Waals surface area contributed by atoms with Crippen LogP contribution in [0, 0.1) is 0 Å². The van der Waals surface area contributed by atoms with E-state index < -0.39 is 23.4 Å². The summed E-state index contributed by atoms with van der Waals surface area (Å²) in [6.45, 7) is 0. The molecule has 0 spiro atoms. The normalized spacial score (nSPS) is 15.5. The smallest absolute Gasteiger partial charge is 0.434 e. The lowest BCUT2D eigenvalue weighted by Gasteiger charge is -2.22. The largest absolute Gasteiger partial charge is 0.478 e. The molecule has 2 heterocycles. The number of halogens is 3. The fourth-order valence-corrected chi connectivity index (χ4v) is 3.94. The van der Waals surface area contributed by atoms with Crippen molar-refractivity contribution < 1.29 is 27.9 Å². The van der Waals surface area contributed by atoms with Crippen molar-refractivity contribution in [3.63, 3.8) is 0 Å².